The Hall–Kier alpha value is -3.82. The predicted molar refractivity (Wildman–Crippen MR) is 119 cm³/mol. The van der Waals surface area contributed by atoms with Gasteiger partial charge in [-0.05, 0) is 49.2 Å². The molecule has 0 spiro atoms. The van der Waals surface area contributed by atoms with E-state index in [-0.39, 0.29) is 17.2 Å². The van der Waals surface area contributed by atoms with Gasteiger partial charge in [0, 0.05) is 23.5 Å². The van der Waals surface area contributed by atoms with Crippen LogP contribution in [-0.4, -0.2) is 36.5 Å². The van der Waals surface area contributed by atoms with E-state index < -0.39 is 29.7 Å². The van der Waals surface area contributed by atoms with Gasteiger partial charge in [-0.1, -0.05) is 25.1 Å². The highest BCUT2D eigenvalue weighted by atomic mass is 19.4. The van der Waals surface area contributed by atoms with Gasteiger partial charge in [-0.15, -0.1) is 0 Å². The number of rotatable bonds is 6. The number of hydrogen-bond donors (Lipinski definition) is 2. The van der Waals surface area contributed by atoms with Crippen molar-refractivity contribution < 1.29 is 32.3 Å². The maximum Gasteiger partial charge on any atom is 0.416 e. The van der Waals surface area contributed by atoms with Crippen molar-refractivity contribution in [1.29, 1.82) is 0 Å². The summed E-state index contributed by atoms with van der Waals surface area (Å²) in [4.78, 5) is 39.0. The number of benzene rings is 2. The molecule has 0 bridgehead atoms. The van der Waals surface area contributed by atoms with Gasteiger partial charge >= 0.3 is 18.2 Å². The zero-order valence-electron chi connectivity index (χ0n) is 18.8. The molecule has 1 unspecified atom stereocenters. The van der Waals surface area contributed by atoms with E-state index >= 15 is 0 Å². The van der Waals surface area contributed by atoms with Crippen LogP contribution in [0.3, 0.4) is 0 Å². The Kier molecular flexibility index (Phi) is 7.29. The molecule has 3 amide bonds. The summed E-state index contributed by atoms with van der Waals surface area (Å²) < 4.78 is 43.7. The molecule has 0 radical (unpaired) electrons. The van der Waals surface area contributed by atoms with Gasteiger partial charge in [0.05, 0.1) is 24.3 Å². The molecule has 1 atom stereocenters. The minimum Gasteiger partial charge on any atom is -0.466 e. The quantitative estimate of drug-likeness (QED) is 0.583. The summed E-state index contributed by atoms with van der Waals surface area (Å²) in [5.41, 5.74) is 0.627. The monoisotopic (exact) mass is 475 g/mol. The molecule has 0 aromatic heterocycles. The van der Waals surface area contributed by atoms with Gasteiger partial charge in [0.1, 0.15) is 0 Å². The SMILES string of the molecule is CCCN1C(=O)NC(c2ccc(NC(=O)c3cccc(C(F)(F)F)c3)cc2)C(C(=O)OC)=C1C. The fourth-order valence-electron chi connectivity index (χ4n) is 3.70. The lowest BCUT2D eigenvalue weighted by Crippen LogP contribution is -2.48. The third-order valence-electron chi connectivity index (χ3n) is 5.40. The minimum atomic E-state index is -4.56. The van der Waals surface area contributed by atoms with Crippen LogP contribution in [0.15, 0.2) is 59.8 Å². The Morgan fingerprint density at radius 2 is 1.82 bits per heavy atom. The molecule has 0 saturated heterocycles. The van der Waals surface area contributed by atoms with Crippen LogP contribution in [0.1, 0.15) is 47.8 Å². The van der Waals surface area contributed by atoms with E-state index in [1.807, 2.05) is 6.92 Å². The van der Waals surface area contributed by atoms with Crippen LogP contribution in [0.4, 0.5) is 23.7 Å². The van der Waals surface area contributed by atoms with Crippen molar-refractivity contribution in [3.63, 3.8) is 0 Å². The topological polar surface area (TPSA) is 87.7 Å². The molecule has 10 heteroatoms. The highest BCUT2D eigenvalue weighted by molar-refractivity contribution is 6.04. The number of esters is 1. The van der Waals surface area contributed by atoms with E-state index in [9.17, 15) is 27.6 Å². The lowest BCUT2D eigenvalue weighted by atomic mass is 9.94. The van der Waals surface area contributed by atoms with Gasteiger partial charge in [0.25, 0.3) is 5.91 Å². The van der Waals surface area contributed by atoms with Crippen molar-refractivity contribution in [2.24, 2.45) is 0 Å². The second-order valence-electron chi connectivity index (χ2n) is 7.68. The number of allylic oxidation sites excluding steroid dienone is 1. The molecule has 0 fully saturated rings. The van der Waals surface area contributed by atoms with Gasteiger partial charge in [-0.25, -0.2) is 9.59 Å². The Labute approximate surface area is 194 Å². The summed E-state index contributed by atoms with van der Waals surface area (Å²) in [6.45, 7) is 4.03. The largest absolute Gasteiger partial charge is 0.466 e. The number of alkyl halides is 3. The molecule has 2 N–H and O–H groups in total. The van der Waals surface area contributed by atoms with Crippen molar-refractivity contribution in [3.05, 3.63) is 76.5 Å². The van der Waals surface area contributed by atoms with E-state index in [4.69, 9.17) is 4.74 Å². The van der Waals surface area contributed by atoms with Crippen LogP contribution in [0, 0.1) is 0 Å². The van der Waals surface area contributed by atoms with Gasteiger partial charge in [-0.2, -0.15) is 13.2 Å². The first-order chi connectivity index (χ1) is 16.1. The van der Waals surface area contributed by atoms with Crippen molar-refractivity contribution >= 4 is 23.6 Å². The minimum absolute atomic E-state index is 0.138. The predicted octanol–water partition coefficient (Wildman–Crippen LogP) is 4.88. The summed E-state index contributed by atoms with van der Waals surface area (Å²) in [6, 6.07) is 9.30. The van der Waals surface area contributed by atoms with Crippen LogP contribution in [0.25, 0.3) is 0 Å². The number of nitrogens with zero attached hydrogens (tertiary/aromatic N) is 1. The Morgan fingerprint density at radius 1 is 1.15 bits per heavy atom. The lowest BCUT2D eigenvalue weighted by molar-refractivity contribution is -0.138. The van der Waals surface area contributed by atoms with Gasteiger partial charge < -0.3 is 15.4 Å². The fraction of sp³-hybridized carbons (Fsp3) is 0.292. The second-order valence-corrected chi connectivity index (χ2v) is 7.68. The van der Waals surface area contributed by atoms with E-state index in [1.54, 1.807) is 19.1 Å². The molecule has 7 nitrogen and oxygen atoms in total. The molecule has 180 valence electrons. The van der Waals surface area contributed by atoms with E-state index in [1.165, 1.54) is 30.2 Å². The Balaban J connectivity index is 1.84. The van der Waals surface area contributed by atoms with E-state index in [0.717, 1.165) is 18.2 Å². The van der Waals surface area contributed by atoms with Crippen LogP contribution >= 0.6 is 0 Å². The first-order valence-corrected chi connectivity index (χ1v) is 10.5. The zero-order chi connectivity index (χ0) is 25.0. The molecule has 1 aliphatic heterocycles. The van der Waals surface area contributed by atoms with Crippen LogP contribution < -0.4 is 10.6 Å². The molecule has 3 rings (SSSR count). The third-order valence-corrected chi connectivity index (χ3v) is 5.40. The first kappa shape index (κ1) is 24.8. The Morgan fingerprint density at radius 3 is 2.41 bits per heavy atom. The number of amides is 3. The summed E-state index contributed by atoms with van der Waals surface area (Å²) in [7, 11) is 1.26. The van der Waals surface area contributed by atoms with Crippen LogP contribution in [0.5, 0.6) is 0 Å². The number of carbonyl (C=O) groups is 3. The average molecular weight is 475 g/mol. The van der Waals surface area contributed by atoms with Gasteiger partial charge in [0.15, 0.2) is 0 Å². The molecule has 34 heavy (non-hydrogen) atoms. The van der Waals surface area contributed by atoms with E-state index in [0.29, 0.717) is 29.9 Å². The van der Waals surface area contributed by atoms with Gasteiger partial charge in [0.2, 0.25) is 0 Å². The van der Waals surface area contributed by atoms with Crippen LogP contribution in [-0.2, 0) is 15.7 Å². The second kappa shape index (κ2) is 9.98. The Bertz CT molecular complexity index is 1130. The van der Waals surface area contributed by atoms with Crippen molar-refractivity contribution in [3.8, 4) is 0 Å². The molecule has 0 saturated carbocycles. The zero-order valence-corrected chi connectivity index (χ0v) is 18.8. The highest BCUT2D eigenvalue weighted by Gasteiger charge is 2.36. The van der Waals surface area contributed by atoms with Crippen molar-refractivity contribution in [2.75, 3.05) is 19.0 Å². The smallest absolute Gasteiger partial charge is 0.416 e. The highest BCUT2D eigenvalue weighted by Crippen LogP contribution is 2.32. The molecule has 0 aliphatic carbocycles. The number of halogens is 3. The van der Waals surface area contributed by atoms with Gasteiger partial charge in [-0.3, -0.25) is 9.69 Å². The normalized spacial score (nSPS) is 16.2. The standard InChI is InChI=1S/C24H24F3N3O4/c1-4-12-30-14(2)19(22(32)34-3)20(29-23(30)33)15-8-10-18(11-9-15)28-21(31)16-6-5-7-17(13-16)24(25,26)27/h5-11,13,20H,4,12H2,1-3H3,(H,28,31)(H,29,33). The van der Waals surface area contributed by atoms with Crippen molar-refractivity contribution in [1.82, 2.24) is 10.2 Å². The average Bonchev–Trinajstić information content (AvgIpc) is 2.81. The number of carbonyl (C=O) groups excluding carboxylic acids is 3. The molecule has 2 aromatic carbocycles. The van der Waals surface area contributed by atoms with Crippen LogP contribution in [0.2, 0.25) is 0 Å². The number of hydrogen-bond acceptors (Lipinski definition) is 4. The molecule has 1 heterocycles. The third kappa shape index (κ3) is 5.22. The summed E-state index contributed by atoms with van der Waals surface area (Å²) >= 11 is 0. The number of ether oxygens (including phenoxy) is 1. The first-order valence-electron chi connectivity index (χ1n) is 10.5. The number of methoxy groups -OCH3 is 1. The number of urea groups is 1. The molecule has 1 aliphatic rings. The van der Waals surface area contributed by atoms with Crippen molar-refractivity contribution in [2.45, 2.75) is 32.5 Å². The molecular formula is C24H24F3N3O4. The maximum atomic E-state index is 12.9. The summed E-state index contributed by atoms with van der Waals surface area (Å²) in [5, 5.41) is 5.35. The number of anilines is 1. The number of nitrogens with one attached hydrogen (secondary N) is 2. The van der Waals surface area contributed by atoms with E-state index in [2.05, 4.69) is 10.6 Å². The molecule has 2 aromatic rings. The molecular weight excluding hydrogens is 451 g/mol. The summed E-state index contributed by atoms with van der Waals surface area (Å²) in [6.07, 6.45) is -3.86. The fourth-order valence-corrected chi connectivity index (χ4v) is 3.70. The lowest BCUT2D eigenvalue weighted by Gasteiger charge is -2.35. The summed E-state index contributed by atoms with van der Waals surface area (Å²) in [5.74, 6) is -1.28. The maximum absolute atomic E-state index is 12.9.